The Morgan fingerprint density at radius 3 is 1.83 bits per heavy atom. The van der Waals surface area contributed by atoms with Gasteiger partial charge in [0.15, 0.2) is 0 Å². The fraction of sp³-hybridized carbons (Fsp3) is 0.667. The number of hydrogen-bond donors (Lipinski definition) is 3. The Kier molecular flexibility index (Phi) is 9.13. The standard InChI is InChI=1S/C18H35O8PSi2/c1-23-15-8-9-17(26-27(20,21)22)16(14-15)18(19,24-10-12-28(2,3)4)25-11-13-29(5,6)7/h8-9,14,19H,10-13H2,1-7H3,(H2,20,21,22). The summed E-state index contributed by atoms with van der Waals surface area (Å²) in [5, 5.41) is 11.3. The van der Waals surface area contributed by atoms with Gasteiger partial charge in [0.2, 0.25) is 0 Å². The van der Waals surface area contributed by atoms with Gasteiger partial charge in [0, 0.05) is 16.1 Å². The van der Waals surface area contributed by atoms with E-state index >= 15 is 0 Å². The quantitative estimate of drug-likeness (QED) is 0.241. The van der Waals surface area contributed by atoms with Crippen LogP contribution in [0.25, 0.3) is 0 Å². The number of aliphatic hydroxyl groups is 1. The second-order valence-corrected chi connectivity index (χ2v) is 21.8. The van der Waals surface area contributed by atoms with Gasteiger partial charge in [-0.1, -0.05) is 39.3 Å². The Hall–Kier alpha value is -0.716. The number of benzene rings is 1. The maximum Gasteiger partial charge on any atom is 0.524 e. The monoisotopic (exact) mass is 466 g/mol. The Bertz CT molecular complexity index is 689. The molecule has 3 N–H and O–H groups in total. The fourth-order valence-corrected chi connectivity index (χ4v) is 4.12. The molecule has 0 aliphatic rings. The maximum absolute atomic E-state index is 11.4. The molecule has 0 aliphatic heterocycles. The molecular weight excluding hydrogens is 431 g/mol. The third-order valence-corrected chi connectivity index (χ3v) is 7.89. The second-order valence-electron chi connectivity index (χ2n) is 9.34. The molecule has 0 heterocycles. The van der Waals surface area contributed by atoms with Crippen LogP contribution in [0.4, 0.5) is 0 Å². The van der Waals surface area contributed by atoms with Gasteiger partial charge in [0.1, 0.15) is 11.5 Å². The van der Waals surface area contributed by atoms with Gasteiger partial charge in [-0.25, -0.2) is 4.57 Å². The van der Waals surface area contributed by atoms with Crippen LogP contribution in [0.15, 0.2) is 18.2 Å². The van der Waals surface area contributed by atoms with Crippen LogP contribution < -0.4 is 9.26 Å². The first-order valence-electron chi connectivity index (χ1n) is 9.49. The Morgan fingerprint density at radius 1 is 0.966 bits per heavy atom. The number of hydrogen-bond acceptors (Lipinski definition) is 6. The largest absolute Gasteiger partial charge is 0.524 e. The molecule has 0 amide bonds. The van der Waals surface area contributed by atoms with Gasteiger partial charge in [-0.3, -0.25) is 9.79 Å². The van der Waals surface area contributed by atoms with E-state index in [1.54, 1.807) is 0 Å². The third-order valence-electron chi connectivity index (χ3n) is 4.04. The van der Waals surface area contributed by atoms with Gasteiger partial charge in [-0.15, -0.1) is 0 Å². The van der Waals surface area contributed by atoms with E-state index in [1.165, 1.54) is 25.3 Å². The van der Waals surface area contributed by atoms with E-state index in [9.17, 15) is 19.5 Å². The summed E-state index contributed by atoms with van der Waals surface area (Å²) in [6.45, 7) is 13.5. The van der Waals surface area contributed by atoms with Crippen LogP contribution in [0.1, 0.15) is 5.56 Å². The molecule has 0 unspecified atom stereocenters. The molecule has 1 rings (SSSR count). The van der Waals surface area contributed by atoms with Gasteiger partial charge in [-0.2, -0.15) is 0 Å². The average molecular weight is 467 g/mol. The van der Waals surface area contributed by atoms with Crippen LogP contribution in [0.3, 0.4) is 0 Å². The molecule has 29 heavy (non-hydrogen) atoms. The summed E-state index contributed by atoms with van der Waals surface area (Å²) in [5.74, 6) is -2.10. The molecular formula is C18H35O8PSi2. The molecule has 0 atom stereocenters. The summed E-state index contributed by atoms with van der Waals surface area (Å²) in [7, 11) is -6.33. The van der Waals surface area contributed by atoms with Crippen molar-refractivity contribution >= 4 is 24.0 Å². The van der Waals surface area contributed by atoms with E-state index in [0.717, 1.165) is 12.1 Å². The highest BCUT2D eigenvalue weighted by atomic mass is 31.2. The highest BCUT2D eigenvalue weighted by molar-refractivity contribution is 7.46. The normalized spacial score (nSPS) is 13.4. The third kappa shape index (κ3) is 10.2. The fourth-order valence-electron chi connectivity index (χ4n) is 2.28. The lowest BCUT2D eigenvalue weighted by atomic mass is 10.1. The van der Waals surface area contributed by atoms with Crippen LogP contribution >= 0.6 is 7.82 Å². The van der Waals surface area contributed by atoms with Crippen molar-refractivity contribution in [3.63, 3.8) is 0 Å². The molecule has 0 aromatic heterocycles. The van der Waals surface area contributed by atoms with Crippen molar-refractivity contribution in [3.8, 4) is 11.5 Å². The topological polar surface area (TPSA) is 115 Å². The number of methoxy groups -OCH3 is 1. The van der Waals surface area contributed by atoms with Gasteiger partial charge in [0.25, 0.3) is 0 Å². The number of ether oxygens (including phenoxy) is 3. The van der Waals surface area contributed by atoms with Gasteiger partial charge in [0.05, 0.1) is 25.9 Å². The highest BCUT2D eigenvalue weighted by Crippen LogP contribution is 2.44. The van der Waals surface area contributed by atoms with Gasteiger partial charge < -0.3 is 23.8 Å². The van der Waals surface area contributed by atoms with Crippen LogP contribution in [-0.2, 0) is 20.0 Å². The lowest BCUT2D eigenvalue weighted by Crippen LogP contribution is -2.37. The van der Waals surface area contributed by atoms with Crippen molar-refractivity contribution < 1.29 is 38.2 Å². The minimum atomic E-state index is -4.86. The van der Waals surface area contributed by atoms with Gasteiger partial charge in [-0.05, 0) is 30.3 Å². The van der Waals surface area contributed by atoms with Crippen LogP contribution in [0, 0.1) is 0 Å². The maximum atomic E-state index is 11.4. The van der Waals surface area contributed by atoms with Crippen molar-refractivity contribution in [2.24, 2.45) is 0 Å². The zero-order chi connectivity index (χ0) is 22.5. The average Bonchev–Trinajstić information content (AvgIpc) is 2.51. The smallest absolute Gasteiger partial charge is 0.497 e. The Labute approximate surface area is 175 Å². The molecule has 0 bridgehead atoms. The molecule has 1 aromatic carbocycles. The van der Waals surface area contributed by atoms with Crippen molar-refractivity contribution in [2.75, 3.05) is 20.3 Å². The molecule has 1 aromatic rings. The summed E-state index contributed by atoms with van der Waals surface area (Å²) in [6, 6.07) is 5.71. The molecule has 0 saturated heterocycles. The molecule has 0 fully saturated rings. The first-order chi connectivity index (χ1) is 13.0. The predicted molar refractivity (Wildman–Crippen MR) is 118 cm³/mol. The van der Waals surface area contributed by atoms with Crippen LogP contribution in [0.5, 0.6) is 11.5 Å². The van der Waals surface area contributed by atoms with E-state index < -0.39 is 29.9 Å². The molecule has 8 nitrogen and oxygen atoms in total. The zero-order valence-corrected chi connectivity index (χ0v) is 21.3. The predicted octanol–water partition coefficient (Wildman–Crippen LogP) is 3.98. The van der Waals surface area contributed by atoms with Gasteiger partial charge >= 0.3 is 13.8 Å². The second kappa shape index (κ2) is 10.1. The van der Waals surface area contributed by atoms with Crippen molar-refractivity contribution in [3.05, 3.63) is 23.8 Å². The number of rotatable bonds is 12. The minimum Gasteiger partial charge on any atom is -0.497 e. The lowest BCUT2D eigenvalue weighted by Gasteiger charge is -2.32. The van der Waals surface area contributed by atoms with E-state index in [2.05, 4.69) is 39.3 Å². The van der Waals surface area contributed by atoms with Crippen molar-refractivity contribution in [2.45, 2.75) is 57.3 Å². The Morgan fingerprint density at radius 2 is 1.45 bits per heavy atom. The Balaban J connectivity index is 3.28. The van der Waals surface area contributed by atoms with E-state index in [1.807, 2.05) is 0 Å². The molecule has 0 aliphatic carbocycles. The summed E-state index contributed by atoms with van der Waals surface area (Å²) >= 11 is 0. The molecule has 168 valence electrons. The summed E-state index contributed by atoms with van der Waals surface area (Å²) in [4.78, 5) is 18.5. The van der Waals surface area contributed by atoms with Crippen molar-refractivity contribution in [1.29, 1.82) is 0 Å². The highest BCUT2D eigenvalue weighted by Gasteiger charge is 2.38. The lowest BCUT2D eigenvalue weighted by molar-refractivity contribution is -0.370. The zero-order valence-electron chi connectivity index (χ0n) is 18.4. The SMILES string of the molecule is COc1ccc(OP(=O)(O)O)c(C(O)(OCC[Si](C)(C)C)OCC[Si](C)(C)C)c1. The summed E-state index contributed by atoms with van der Waals surface area (Å²) in [6.07, 6.45) is 0. The molecule has 11 heteroatoms. The van der Waals surface area contributed by atoms with E-state index in [4.69, 9.17) is 18.7 Å². The summed E-state index contributed by atoms with van der Waals surface area (Å²) < 4.78 is 32.9. The van der Waals surface area contributed by atoms with E-state index in [0.29, 0.717) is 5.75 Å². The molecule has 0 spiro atoms. The number of phosphoric acid groups is 1. The minimum absolute atomic E-state index is 0.0497. The van der Waals surface area contributed by atoms with E-state index in [-0.39, 0.29) is 24.5 Å². The first-order valence-corrected chi connectivity index (χ1v) is 18.4. The van der Waals surface area contributed by atoms with Crippen LogP contribution in [0.2, 0.25) is 51.4 Å². The summed E-state index contributed by atoms with van der Waals surface area (Å²) in [5.41, 5.74) is -0.0497. The first kappa shape index (κ1) is 26.3. The molecule has 0 saturated carbocycles. The molecule has 0 radical (unpaired) electrons. The van der Waals surface area contributed by atoms with Crippen molar-refractivity contribution in [1.82, 2.24) is 0 Å². The number of phosphoric ester groups is 1. The van der Waals surface area contributed by atoms with Crippen LogP contribution in [-0.4, -0.2) is 51.4 Å².